The quantitative estimate of drug-likeness (QED) is 0.504. The second-order valence-corrected chi connectivity index (χ2v) is 5.83. The van der Waals surface area contributed by atoms with Crippen LogP contribution in [0.3, 0.4) is 0 Å². The smallest absolute Gasteiger partial charge is 0.187 e. The first-order chi connectivity index (χ1) is 12.0. The van der Waals surface area contributed by atoms with E-state index in [9.17, 15) is 4.79 Å². The Morgan fingerprint density at radius 3 is 1.92 bits per heavy atom. The molecule has 0 aliphatic heterocycles. The van der Waals surface area contributed by atoms with Gasteiger partial charge in [0, 0.05) is 17.7 Å². The van der Waals surface area contributed by atoms with Gasteiger partial charge in [-0.05, 0) is 45.8 Å². The Morgan fingerprint density at radius 2 is 1.40 bits per heavy atom. The van der Waals surface area contributed by atoms with Crippen molar-refractivity contribution in [2.24, 2.45) is 0 Å². The van der Waals surface area contributed by atoms with Gasteiger partial charge in [-0.3, -0.25) is 4.79 Å². The van der Waals surface area contributed by atoms with Gasteiger partial charge >= 0.3 is 0 Å². The highest BCUT2D eigenvalue weighted by atomic mass is 79.9. The third-order valence-corrected chi connectivity index (χ3v) is 4.35. The molecule has 0 aliphatic rings. The second-order valence-electron chi connectivity index (χ2n) is 5.03. The van der Waals surface area contributed by atoms with Crippen molar-refractivity contribution in [2.45, 2.75) is 0 Å². The fourth-order valence-electron chi connectivity index (χ4n) is 2.21. The van der Waals surface area contributed by atoms with Crippen molar-refractivity contribution in [3.05, 3.63) is 52.0 Å². The molecule has 0 amide bonds. The molecule has 25 heavy (non-hydrogen) atoms. The summed E-state index contributed by atoms with van der Waals surface area (Å²) in [5.41, 5.74) is 1.23. The van der Waals surface area contributed by atoms with Gasteiger partial charge in [0.25, 0.3) is 0 Å². The normalized spacial score (nSPS) is 10.6. The maximum Gasteiger partial charge on any atom is 0.187 e. The van der Waals surface area contributed by atoms with Crippen LogP contribution in [-0.4, -0.2) is 34.2 Å². The Labute approximate surface area is 155 Å². The summed E-state index contributed by atoms with van der Waals surface area (Å²) < 4.78 is 21.5. The predicted molar refractivity (Wildman–Crippen MR) is 100 cm³/mol. The number of ketones is 1. The van der Waals surface area contributed by atoms with Crippen LogP contribution in [0.25, 0.3) is 6.08 Å². The summed E-state index contributed by atoms with van der Waals surface area (Å²) in [6, 6.07) is 8.76. The molecule has 0 heterocycles. The lowest BCUT2D eigenvalue weighted by atomic mass is 10.1. The third kappa shape index (κ3) is 4.54. The third-order valence-electron chi connectivity index (χ3n) is 3.53. The summed E-state index contributed by atoms with van der Waals surface area (Å²) in [7, 11) is 6.22. The number of rotatable bonds is 7. The monoisotopic (exact) mass is 406 g/mol. The van der Waals surface area contributed by atoms with Crippen LogP contribution < -0.4 is 18.9 Å². The lowest BCUT2D eigenvalue weighted by molar-refractivity contribution is 0.104. The molecule has 0 aromatic heterocycles. The molecule has 132 valence electrons. The maximum absolute atomic E-state index is 12.6. The highest BCUT2D eigenvalue weighted by Gasteiger charge is 2.14. The van der Waals surface area contributed by atoms with Crippen molar-refractivity contribution in [1.82, 2.24) is 0 Å². The minimum Gasteiger partial charge on any atom is -0.497 e. The minimum atomic E-state index is -0.189. The molecule has 6 heteroatoms. The molecule has 0 radical (unpaired) electrons. The topological polar surface area (TPSA) is 54.0 Å². The Hall–Kier alpha value is -2.47. The number of carbonyl (C=O) groups is 1. The lowest BCUT2D eigenvalue weighted by Gasteiger charge is -2.10. The maximum atomic E-state index is 12.6. The number of halogens is 1. The van der Waals surface area contributed by atoms with Gasteiger partial charge in [0.05, 0.1) is 32.9 Å². The van der Waals surface area contributed by atoms with Crippen molar-refractivity contribution in [3.8, 4) is 23.0 Å². The fraction of sp³-hybridized carbons (Fsp3) is 0.211. The SMILES string of the molecule is COc1cc(/C=C/C(=O)c2cc(OC)cc(OC)c2Br)cc(OC)c1. The summed E-state index contributed by atoms with van der Waals surface area (Å²) >= 11 is 3.40. The number of hydrogen-bond acceptors (Lipinski definition) is 5. The zero-order chi connectivity index (χ0) is 18.4. The average Bonchev–Trinajstić information content (AvgIpc) is 2.65. The van der Waals surface area contributed by atoms with E-state index in [1.165, 1.54) is 20.3 Å². The van der Waals surface area contributed by atoms with Gasteiger partial charge < -0.3 is 18.9 Å². The molecule has 0 spiro atoms. The number of methoxy groups -OCH3 is 4. The molecule has 5 nitrogen and oxygen atoms in total. The zero-order valence-corrected chi connectivity index (χ0v) is 16.0. The van der Waals surface area contributed by atoms with Crippen LogP contribution in [0.5, 0.6) is 23.0 Å². The molecule has 0 saturated heterocycles. The number of carbonyl (C=O) groups excluding carboxylic acids is 1. The minimum absolute atomic E-state index is 0.189. The van der Waals surface area contributed by atoms with Crippen LogP contribution in [0, 0.1) is 0 Å². The van der Waals surface area contributed by atoms with Gasteiger partial charge in [-0.15, -0.1) is 0 Å². The van der Waals surface area contributed by atoms with E-state index in [-0.39, 0.29) is 5.78 Å². The fourth-order valence-corrected chi connectivity index (χ4v) is 2.79. The number of ether oxygens (including phenoxy) is 4. The van der Waals surface area contributed by atoms with Gasteiger partial charge in [0.15, 0.2) is 5.78 Å². The summed E-state index contributed by atoms with van der Waals surface area (Å²) in [6.07, 6.45) is 3.18. The summed E-state index contributed by atoms with van der Waals surface area (Å²) in [5.74, 6) is 2.18. The zero-order valence-electron chi connectivity index (χ0n) is 14.5. The molecule has 2 rings (SSSR count). The van der Waals surface area contributed by atoms with Crippen LogP contribution in [0.2, 0.25) is 0 Å². The van der Waals surface area contributed by atoms with Gasteiger partial charge in [0.2, 0.25) is 0 Å². The van der Waals surface area contributed by atoms with Gasteiger partial charge in [-0.25, -0.2) is 0 Å². The van der Waals surface area contributed by atoms with Crippen LogP contribution in [0.4, 0.5) is 0 Å². The molecule has 2 aromatic carbocycles. The molecule has 0 fully saturated rings. The Kier molecular flexibility index (Phi) is 6.47. The number of hydrogen-bond donors (Lipinski definition) is 0. The van der Waals surface area contributed by atoms with Crippen LogP contribution in [0.1, 0.15) is 15.9 Å². The Bertz CT molecular complexity index is 776. The standard InChI is InChI=1S/C19H19BrO5/c1-22-13-7-12(8-14(9-13)23-2)5-6-17(21)16-10-15(24-3)11-18(25-4)19(16)20/h5-11H,1-4H3/b6-5+. The van der Waals surface area contributed by atoms with E-state index < -0.39 is 0 Å². The first-order valence-electron chi connectivity index (χ1n) is 7.39. The van der Waals surface area contributed by atoms with Crippen molar-refractivity contribution < 1.29 is 23.7 Å². The largest absolute Gasteiger partial charge is 0.497 e. The second kappa shape index (κ2) is 8.58. The van der Waals surface area contributed by atoms with Crippen LogP contribution in [0.15, 0.2) is 40.9 Å². The van der Waals surface area contributed by atoms with Gasteiger partial charge in [-0.2, -0.15) is 0 Å². The molecule has 2 aromatic rings. The summed E-state index contributed by atoms with van der Waals surface area (Å²) in [4.78, 5) is 12.6. The first-order valence-corrected chi connectivity index (χ1v) is 8.18. The van der Waals surface area contributed by atoms with E-state index in [1.807, 2.05) is 12.1 Å². The number of benzene rings is 2. The number of allylic oxidation sites excluding steroid dienone is 1. The molecule has 0 bridgehead atoms. The van der Waals surface area contributed by atoms with E-state index in [1.54, 1.807) is 38.5 Å². The van der Waals surface area contributed by atoms with Gasteiger partial charge in [-0.1, -0.05) is 6.08 Å². The molecule has 0 saturated carbocycles. The molecule has 0 N–H and O–H groups in total. The predicted octanol–water partition coefficient (Wildman–Crippen LogP) is 4.38. The summed E-state index contributed by atoms with van der Waals surface area (Å²) in [6.45, 7) is 0. The highest BCUT2D eigenvalue weighted by Crippen LogP contribution is 2.34. The van der Waals surface area contributed by atoms with E-state index in [0.29, 0.717) is 33.0 Å². The molecule has 0 unspecified atom stereocenters. The van der Waals surface area contributed by atoms with Crippen LogP contribution in [-0.2, 0) is 0 Å². The van der Waals surface area contributed by atoms with Gasteiger partial charge in [0.1, 0.15) is 23.0 Å². The molecule has 0 atom stereocenters. The summed E-state index contributed by atoms with van der Waals surface area (Å²) in [5, 5.41) is 0. The Balaban J connectivity index is 2.35. The van der Waals surface area contributed by atoms with Crippen molar-refractivity contribution in [1.29, 1.82) is 0 Å². The molecular formula is C19H19BrO5. The van der Waals surface area contributed by atoms with Crippen molar-refractivity contribution in [3.63, 3.8) is 0 Å². The highest BCUT2D eigenvalue weighted by molar-refractivity contribution is 9.10. The van der Waals surface area contributed by atoms with E-state index in [2.05, 4.69) is 15.9 Å². The molecular weight excluding hydrogens is 388 g/mol. The Morgan fingerprint density at radius 1 is 0.840 bits per heavy atom. The van der Waals surface area contributed by atoms with E-state index in [4.69, 9.17) is 18.9 Å². The van der Waals surface area contributed by atoms with Crippen LogP contribution >= 0.6 is 15.9 Å². The lowest BCUT2D eigenvalue weighted by Crippen LogP contribution is -1.99. The van der Waals surface area contributed by atoms with E-state index in [0.717, 1.165) is 5.56 Å². The van der Waals surface area contributed by atoms with E-state index >= 15 is 0 Å². The van der Waals surface area contributed by atoms with Crippen molar-refractivity contribution >= 4 is 27.8 Å². The van der Waals surface area contributed by atoms with Crippen molar-refractivity contribution in [2.75, 3.05) is 28.4 Å². The molecule has 0 aliphatic carbocycles. The first kappa shape index (κ1) is 18.9. The average molecular weight is 407 g/mol.